The predicted molar refractivity (Wildman–Crippen MR) is 63.2 cm³/mol. The Bertz CT molecular complexity index is 416. The van der Waals surface area contributed by atoms with Crippen molar-refractivity contribution in [1.82, 2.24) is 14.5 Å². The predicted octanol–water partition coefficient (Wildman–Crippen LogP) is 0.640. The van der Waals surface area contributed by atoms with Crippen molar-refractivity contribution in [3.8, 4) is 0 Å². The highest BCUT2D eigenvalue weighted by Crippen LogP contribution is 2.31. The minimum atomic E-state index is -0.900. The van der Waals surface area contributed by atoms with E-state index in [0.29, 0.717) is 25.2 Å². The van der Waals surface area contributed by atoms with E-state index in [2.05, 4.69) is 4.98 Å². The molecule has 17 heavy (non-hydrogen) atoms. The van der Waals surface area contributed by atoms with E-state index in [1.54, 1.807) is 18.0 Å². The number of imidazole rings is 1. The zero-order chi connectivity index (χ0) is 12.5. The standard InChI is InChI=1S/C12H19N3O2/c1-10(16)15-7-3-4-12(17,5-8-15)11-13-6-9-14(11)2/h6,9,17H,3-5,7-8H2,1-2H3. The summed E-state index contributed by atoms with van der Waals surface area (Å²) in [6.45, 7) is 2.89. The van der Waals surface area contributed by atoms with Gasteiger partial charge in [0.2, 0.25) is 5.91 Å². The lowest BCUT2D eigenvalue weighted by molar-refractivity contribution is -0.128. The lowest BCUT2D eigenvalue weighted by Crippen LogP contribution is -2.33. The van der Waals surface area contributed by atoms with Crippen LogP contribution in [0.3, 0.4) is 0 Å². The number of hydrogen-bond acceptors (Lipinski definition) is 3. The summed E-state index contributed by atoms with van der Waals surface area (Å²) in [6, 6.07) is 0. The molecule has 1 atom stereocenters. The van der Waals surface area contributed by atoms with Crippen LogP contribution in [0.5, 0.6) is 0 Å². The number of likely N-dealkylation sites (tertiary alicyclic amines) is 1. The van der Waals surface area contributed by atoms with Gasteiger partial charge in [0.05, 0.1) is 0 Å². The fraction of sp³-hybridized carbons (Fsp3) is 0.667. The average molecular weight is 237 g/mol. The van der Waals surface area contributed by atoms with Gasteiger partial charge in [-0.25, -0.2) is 4.98 Å². The molecular formula is C12H19N3O2. The number of hydrogen-bond donors (Lipinski definition) is 1. The molecule has 5 nitrogen and oxygen atoms in total. The van der Waals surface area contributed by atoms with Crippen molar-refractivity contribution in [2.75, 3.05) is 13.1 Å². The first kappa shape index (κ1) is 12.1. The van der Waals surface area contributed by atoms with Crippen LogP contribution in [0.1, 0.15) is 32.0 Å². The molecule has 0 saturated carbocycles. The van der Waals surface area contributed by atoms with Gasteiger partial charge in [0.25, 0.3) is 0 Å². The molecule has 1 saturated heterocycles. The lowest BCUT2D eigenvalue weighted by atomic mass is 9.94. The second-order valence-corrected chi connectivity index (χ2v) is 4.75. The minimum absolute atomic E-state index is 0.0779. The van der Waals surface area contributed by atoms with Gasteiger partial charge in [-0.1, -0.05) is 0 Å². The van der Waals surface area contributed by atoms with Gasteiger partial charge in [0, 0.05) is 45.9 Å². The van der Waals surface area contributed by atoms with E-state index >= 15 is 0 Å². The Morgan fingerprint density at radius 2 is 2.24 bits per heavy atom. The highest BCUT2D eigenvalue weighted by molar-refractivity contribution is 5.73. The van der Waals surface area contributed by atoms with Crippen LogP contribution in [0, 0.1) is 0 Å². The van der Waals surface area contributed by atoms with Gasteiger partial charge in [-0.15, -0.1) is 0 Å². The molecule has 1 aromatic heterocycles. The highest BCUT2D eigenvalue weighted by atomic mass is 16.3. The van der Waals surface area contributed by atoms with Crippen molar-refractivity contribution in [2.45, 2.75) is 31.8 Å². The molecule has 0 aromatic carbocycles. The number of amides is 1. The van der Waals surface area contributed by atoms with Gasteiger partial charge in [0.1, 0.15) is 11.4 Å². The van der Waals surface area contributed by atoms with Crippen LogP contribution in [0.2, 0.25) is 0 Å². The van der Waals surface area contributed by atoms with E-state index in [4.69, 9.17) is 0 Å². The monoisotopic (exact) mass is 237 g/mol. The normalized spacial score (nSPS) is 25.7. The second kappa shape index (κ2) is 4.49. The maximum absolute atomic E-state index is 11.3. The molecule has 1 aromatic rings. The van der Waals surface area contributed by atoms with E-state index in [1.807, 2.05) is 17.8 Å². The van der Waals surface area contributed by atoms with Crippen LogP contribution in [0.15, 0.2) is 12.4 Å². The summed E-state index contributed by atoms with van der Waals surface area (Å²) in [7, 11) is 1.88. The fourth-order valence-corrected chi connectivity index (χ4v) is 2.47. The van der Waals surface area contributed by atoms with Crippen LogP contribution >= 0.6 is 0 Å². The van der Waals surface area contributed by atoms with Crippen molar-refractivity contribution in [2.24, 2.45) is 7.05 Å². The molecule has 1 aliphatic rings. The van der Waals surface area contributed by atoms with Crippen molar-refractivity contribution in [3.63, 3.8) is 0 Å². The Balaban J connectivity index is 2.17. The first-order valence-corrected chi connectivity index (χ1v) is 5.99. The molecule has 2 heterocycles. The quantitative estimate of drug-likeness (QED) is 0.779. The van der Waals surface area contributed by atoms with E-state index in [-0.39, 0.29) is 5.91 Å². The van der Waals surface area contributed by atoms with Crippen molar-refractivity contribution >= 4 is 5.91 Å². The molecule has 1 amide bonds. The third kappa shape index (κ3) is 2.34. The molecular weight excluding hydrogens is 218 g/mol. The average Bonchev–Trinajstić information content (AvgIpc) is 2.59. The summed E-state index contributed by atoms with van der Waals surface area (Å²) in [6.07, 6.45) is 5.55. The first-order valence-electron chi connectivity index (χ1n) is 5.99. The second-order valence-electron chi connectivity index (χ2n) is 4.75. The van der Waals surface area contributed by atoms with Crippen LogP contribution < -0.4 is 0 Å². The number of aryl methyl sites for hydroxylation is 1. The fourth-order valence-electron chi connectivity index (χ4n) is 2.47. The zero-order valence-electron chi connectivity index (χ0n) is 10.4. The van der Waals surface area contributed by atoms with Crippen molar-refractivity contribution in [1.29, 1.82) is 0 Å². The summed E-state index contributed by atoms with van der Waals surface area (Å²) in [5.74, 6) is 0.775. The Kier molecular flexibility index (Phi) is 3.19. The summed E-state index contributed by atoms with van der Waals surface area (Å²) in [4.78, 5) is 17.4. The van der Waals surface area contributed by atoms with Crippen LogP contribution in [0.4, 0.5) is 0 Å². The number of carbonyl (C=O) groups is 1. The van der Waals surface area contributed by atoms with Gasteiger partial charge in [-0.2, -0.15) is 0 Å². The summed E-state index contributed by atoms with van der Waals surface area (Å²) >= 11 is 0. The van der Waals surface area contributed by atoms with Gasteiger partial charge < -0.3 is 14.6 Å². The summed E-state index contributed by atoms with van der Waals surface area (Å²) in [5.41, 5.74) is -0.900. The van der Waals surface area contributed by atoms with Crippen molar-refractivity contribution < 1.29 is 9.90 Å². The Morgan fingerprint density at radius 1 is 1.47 bits per heavy atom. The molecule has 1 N–H and O–H groups in total. The molecule has 1 fully saturated rings. The summed E-state index contributed by atoms with van der Waals surface area (Å²) < 4.78 is 1.85. The van der Waals surface area contributed by atoms with Crippen LogP contribution in [-0.4, -0.2) is 38.6 Å². The Morgan fingerprint density at radius 3 is 2.82 bits per heavy atom. The van der Waals surface area contributed by atoms with E-state index < -0.39 is 5.60 Å². The maximum atomic E-state index is 11.3. The largest absolute Gasteiger partial charge is 0.382 e. The minimum Gasteiger partial charge on any atom is -0.382 e. The first-order chi connectivity index (χ1) is 8.03. The summed E-state index contributed by atoms with van der Waals surface area (Å²) in [5, 5.41) is 10.7. The molecule has 1 aliphatic heterocycles. The molecule has 94 valence electrons. The highest BCUT2D eigenvalue weighted by Gasteiger charge is 2.35. The van der Waals surface area contributed by atoms with E-state index in [1.165, 1.54) is 0 Å². The van der Waals surface area contributed by atoms with Gasteiger partial charge in [-0.05, 0) is 12.8 Å². The van der Waals surface area contributed by atoms with Crippen LogP contribution in [0.25, 0.3) is 0 Å². The molecule has 2 rings (SSSR count). The Labute approximate surface area is 101 Å². The number of carbonyl (C=O) groups excluding carboxylic acids is 1. The zero-order valence-corrected chi connectivity index (χ0v) is 10.4. The topological polar surface area (TPSA) is 58.4 Å². The maximum Gasteiger partial charge on any atom is 0.219 e. The number of aromatic nitrogens is 2. The molecule has 0 bridgehead atoms. The Hall–Kier alpha value is -1.36. The lowest BCUT2D eigenvalue weighted by Gasteiger charge is -2.26. The van der Waals surface area contributed by atoms with Gasteiger partial charge in [0.15, 0.2) is 0 Å². The number of rotatable bonds is 1. The number of aliphatic hydroxyl groups is 1. The molecule has 0 aliphatic carbocycles. The molecule has 1 unspecified atom stereocenters. The molecule has 0 radical (unpaired) electrons. The SMILES string of the molecule is CC(=O)N1CCCC(O)(c2nccn2C)CC1. The molecule has 0 spiro atoms. The van der Waals surface area contributed by atoms with Gasteiger partial charge in [-0.3, -0.25) is 4.79 Å². The smallest absolute Gasteiger partial charge is 0.219 e. The van der Waals surface area contributed by atoms with Gasteiger partial charge >= 0.3 is 0 Å². The third-order valence-corrected chi connectivity index (χ3v) is 3.50. The van der Waals surface area contributed by atoms with Crippen LogP contribution in [-0.2, 0) is 17.4 Å². The van der Waals surface area contributed by atoms with Crippen molar-refractivity contribution in [3.05, 3.63) is 18.2 Å². The number of nitrogens with zero attached hydrogens (tertiary/aromatic N) is 3. The van der Waals surface area contributed by atoms with E-state index in [9.17, 15) is 9.90 Å². The van der Waals surface area contributed by atoms with E-state index in [0.717, 1.165) is 13.0 Å². The third-order valence-electron chi connectivity index (χ3n) is 3.50. The molecule has 5 heteroatoms.